The van der Waals surface area contributed by atoms with Crippen molar-refractivity contribution in [3.05, 3.63) is 0 Å². The highest BCUT2D eigenvalue weighted by Crippen LogP contribution is 2.14. The van der Waals surface area contributed by atoms with E-state index in [-0.39, 0.29) is 33.2 Å². The van der Waals surface area contributed by atoms with E-state index in [1.807, 2.05) is 0 Å². The zero-order valence-corrected chi connectivity index (χ0v) is 11.3. The molecule has 0 aromatic rings. The fourth-order valence-electron chi connectivity index (χ4n) is 1.11. The Morgan fingerprint density at radius 3 is 1.83 bits per heavy atom. The van der Waals surface area contributed by atoms with Crippen LogP contribution in [0, 0.1) is 0 Å². The number of aliphatic hydroxyl groups is 2. The summed E-state index contributed by atoms with van der Waals surface area (Å²) in [6.07, 6.45) is 0. The molecule has 0 rings (SSSR count). The van der Waals surface area contributed by atoms with Crippen molar-refractivity contribution < 1.29 is 33.7 Å². The molecule has 0 fully saturated rings. The number of aliphatic hydroxyl groups excluding tert-OH is 2. The summed E-state index contributed by atoms with van der Waals surface area (Å²) < 4.78 is 25.3. The Balaban J connectivity index is 3.73. The number of hydrogen-bond donors (Lipinski definition) is 3. The van der Waals surface area contributed by atoms with Gasteiger partial charge in [-0.05, 0) is 0 Å². The maximum Gasteiger partial charge on any atom is 0.317 e. The first kappa shape index (κ1) is 17.9. The van der Waals surface area contributed by atoms with Gasteiger partial charge in [0.05, 0.1) is 39.6 Å². The first-order valence-corrected chi connectivity index (χ1v) is 6.92. The van der Waals surface area contributed by atoms with Gasteiger partial charge in [0.2, 0.25) is 0 Å². The maximum absolute atomic E-state index is 10.5. The molecule has 0 aromatic heterocycles. The smallest absolute Gasteiger partial charge is 0.317 e. The van der Waals surface area contributed by atoms with Gasteiger partial charge in [-0.3, -0.25) is 14.0 Å². The van der Waals surface area contributed by atoms with Crippen molar-refractivity contribution in [2.45, 2.75) is 0 Å². The van der Waals surface area contributed by atoms with Gasteiger partial charge in [-0.1, -0.05) is 0 Å². The van der Waals surface area contributed by atoms with Crippen LogP contribution in [0.3, 0.4) is 0 Å². The van der Waals surface area contributed by atoms with Gasteiger partial charge in [0.1, 0.15) is 6.73 Å². The molecule has 0 aliphatic carbocycles. The van der Waals surface area contributed by atoms with Crippen molar-refractivity contribution in [1.82, 2.24) is 4.90 Å². The lowest BCUT2D eigenvalue weighted by Crippen LogP contribution is -2.32. The molecule has 1 atom stereocenters. The minimum absolute atomic E-state index is 0.0132. The fraction of sp³-hybridized carbons (Fsp3) is 1.00. The Labute approximate surface area is 107 Å². The molecule has 0 bridgehead atoms. The summed E-state index contributed by atoms with van der Waals surface area (Å²) in [5, 5.41) is 17.1. The second-order valence-corrected chi connectivity index (χ2v) is 4.15. The van der Waals surface area contributed by atoms with Crippen LogP contribution in [0.2, 0.25) is 0 Å². The quantitative estimate of drug-likeness (QED) is 0.217. The van der Waals surface area contributed by atoms with Crippen molar-refractivity contribution in [2.24, 2.45) is 0 Å². The monoisotopic (exact) mass is 287 g/mol. The standard InChI is InChI=1S/C9H22NO7P/c11-3-7-15-5-1-10(9-17-18(13)14)2-6-16-8-4-12/h11-12,18H,1-9H2,(H,13,14). The van der Waals surface area contributed by atoms with Crippen molar-refractivity contribution in [2.75, 3.05) is 59.5 Å². The van der Waals surface area contributed by atoms with Crippen LogP contribution in [0.25, 0.3) is 0 Å². The highest BCUT2D eigenvalue weighted by molar-refractivity contribution is 7.32. The van der Waals surface area contributed by atoms with Gasteiger partial charge < -0.3 is 24.6 Å². The van der Waals surface area contributed by atoms with E-state index in [2.05, 4.69) is 4.52 Å². The number of nitrogens with zero attached hydrogens (tertiary/aromatic N) is 1. The van der Waals surface area contributed by atoms with Gasteiger partial charge in [0, 0.05) is 13.1 Å². The van der Waals surface area contributed by atoms with E-state index in [1.165, 1.54) is 0 Å². The molecule has 0 heterocycles. The molecule has 1 unspecified atom stereocenters. The molecule has 9 heteroatoms. The second-order valence-electron chi connectivity index (χ2n) is 3.33. The average Bonchev–Trinajstić information content (AvgIpc) is 2.35. The highest BCUT2D eigenvalue weighted by atomic mass is 31.1. The van der Waals surface area contributed by atoms with Crippen molar-refractivity contribution >= 4 is 8.25 Å². The second kappa shape index (κ2) is 13.4. The van der Waals surface area contributed by atoms with Crippen LogP contribution < -0.4 is 0 Å². The lowest BCUT2D eigenvalue weighted by Gasteiger charge is -2.21. The highest BCUT2D eigenvalue weighted by Gasteiger charge is 2.06. The van der Waals surface area contributed by atoms with E-state index in [0.717, 1.165) is 0 Å². The Hall–Kier alpha value is -0.0500. The van der Waals surface area contributed by atoms with Crippen molar-refractivity contribution in [3.8, 4) is 0 Å². The number of hydrogen-bond acceptors (Lipinski definition) is 7. The molecule has 110 valence electrons. The van der Waals surface area contributed by atoms with Crippen LogP contribution in [-0.2, 0) is 18.6 Å². The van der Waals surface area contributed by atoms with Crippen LogP contribution in [-0.4, -0.2) is 79.5 Å². The molecule has 0 aliphatic heterocycles. The molecule has 0 aliphatic rings. The predicted octanol–water partition coefficient (Wildman–Crippen LogP) is -1.34. The van der Waals surface area contributed by atoms with Gasteiger partial charge in [-0.2, -0.15) is 0 Å². The summed E-state index contributed by atoms with van der Waals surface area (Å²) in [5.74, 6) is 0. The summed E-state index contributed by atoms with van der Waals surface area (Å²) in [6.45, 7) is 2.21. The summed E-state index contributed by atoms with van der Waals surface area (Å²) in [5.41, 5.74) is 0. The minimum Gasteiger partial charge on any atom is -0.394 e. The summed E-state index contributed by atoms with van der Waals surface area (Å²) >= 11 is 0. The third-order valence-corrected chi connectivity index (χ3v) is 2.32. The minimum atomic E-state index is -2.95. The molecule has 0 saturated carbocycles. The summed E-state index contributed by atoms with van der Waals surface area (Å²) in [6, 6.07) is 0. The molecule has 0 radical (unpaired) electrons. The molecule has 8 nitrogen and oxygen atoms in total. The van der Waals surface area contributed by atoms with Gasteiger partial charge in [0.15, 0.2) is 0 Å². The fourth-order valence-corrected chi connectivity index (χ4v) is 1.40. The molecule has 3 N–H and O–H groups in total. The molecular formula is C9H22NO7P. The zero-order valence-electron chi connectivity index (χ0n) is 10.3. The molecule has 0 spiro atoms. The van der Waals surface area contributed by atoms with E-state index in [9.17, 15) is 4.57 Å². The Bertz CT molecular complexity index is 195. The van der Waals surface area contributed by atoms with Crippen LogP contribution >= 0.6 is 8.25 Å². The van der Waals surface area contributed by atoms with Gasteiger partial charge in [-0.25, -0.2) is 0 Å². The maximum atomic E-state index is 10.5. The Morgan fingerprint density at radius 1 is 0.944 bits per heavy atom. The summed E-state index contributed by atoms with van der Waals surface area (Å²) in [7, 11) is -2.95. The van der Waals surface area contributed by atoms with E-state index < -0.39 is 8.25 Å². The van der Waals surface area contributed by atoms with E-state index >= 15 is 0 Å². The zero-order chi connectivity index (χ0) is 13.6. The Kier molecular flexibility index (Phi) is 13.3. The predicted molar refractivity (Wildman–Crippen MR) is 64.6 cm³/mol. The van der Waals surface area contributed by atoms with Gasteiger partial charge >= 0.3 is 8.25 Å². The molecule has 0 saturated heterocycles. The third-order valence-electron chi connectivity index (χ3n) is 1.95. The Morgan fingerprint density at radius 2 is 1.44 bits per heavy atom. The lowest BCUT2D eigenvalue weighted by atomic mass is 10.5. The van der Waals surface area contributed by atoms with Crippen LogP contribution in [0.15, 0.2) is 0 Å². The van der Waals surface area contributed by atoms with Crippen molar-refractivity contribution in [1.29, 1.82) is 0 Å². The first-order valence-electron chi connectivity index (χ1n) is 5.66. The first-order chi connectivity index (χ1) is 8.70. The van der Waals surface area contributed by atoms with E-state index in [0.29, 0.717) is 26.3 Å². The third kappa shape index (κ3) is 12.4. The van der Waals surface area contributed by atoms with E-state index in [4.69, 9.17) is 24.6 Å². The molecule has 0 amide bonds. The van der Waals surface area contributed by atoms with Gasteiger partial charge in [-0.15, -0.1) is 0 Å². The number of ether oxygens (including phenoxy) is 2. The summed E-state index contributed by atoms with van der Waals surface area (Å²) in [4.78, 5) is 10.3. The number of rotatable bonds is 13. The normalized spacial score (nSPS) is 13.1. The largest absolute Gasteiger partial charge is 0.394 e. The molecular weight excluding hydrogens is 265 g/mol. The molecule has 18 heavy (non-hydrogen) atoms. The van der Waals surface area contributed by atoms with Crippen LogP contribution in [0.5, 0.6) is 0 Å². The average molecular weight is 287 g/mol. The van der Waals surface area contributed by atoms with E-state index in [1.54, 1.807) is 4.90 Å². The van der Waals surface area contributed by atoms with Crippen molar-refractivity contribution in [3.63, 3.8) is 0 Å². The molecule has 0 aromatic carbocycles. The lowest BCUT2D eigenvalue weighted by molar-refractivity contribution is 0.0261. The van der Waals surface area contributed by atoms with Crippen LogP contribution in [0.4, 0.5) is 0 Å². The van der Waals surface area contributed by atoms with Gasteiger partial charge in [0.25, 0.3) is 0 Å². The van der Waals surface area contributed by atoms with Crippen LogP contribution in [0.1, 0.15) is 0 Å². The topological polar surface area (TPSA) is 109 Å². The SMILES string of the molecule is O=[PH](O)OCN(CCOCCO)CCOCCO.